The maximum absolute atomic E-state index is 4.26. The normalized spacial score (nSPS) is 12.7. The van der Waals surface area contributed by atoms with Crippen molar-refractivity contribution in [1.29, 1.82) is 0 Å². The van der Waals surface area contributed by atoms with Gasteiger partial charge in [-0.1, -0.05) is 50.6 Å². The molecule has 20 heavy (non-hydrogen) atoms. The quantitative estimate of drug-likeness (QED) is 0.594. The molecular weight excluding hydrogens is 242 g/mol. The van der Waals surface area contributed by atoms with Gasteiger partial charge < -0.3 is 4.90 Å². The van der Waals surface area contributed by atoms with Crippen molar-refractivity contribution < 1.29 is 0 Å². The van der Waals surface area contributed by atoms with Crippen LogP contribution in [0.3, 0.4) is 0 Å². The molecule has 0 fully saturated rings. The first-order valence-electron chi connectivity index (χ1n) is 7.90. The van der Waals surface area contributed by atoms with E-state index in [0.717, 1.165) is 19.5 Å². The minimum Gasteiger partial charge on any atom is -0.301 e. The molecular formula is C19H31N. The fourth-order valence-electron chi connectivity index (χ4n) is 2.87. The van der Waals surface area contributed by atoms with E-state index in [1.165, 1.54) is 35.1 Å². The van der Waals surface area contributed by atoms with Crippen molar-refractivity contribution in [3.8, 4) is 0 Å². The molecule has 0 aliphatic rings. The Hall–Kier alpha value is -1.08. The summed E-state index contributed by atoms with van der Waals surface area (Å²) in [6.07, 6.45) is 3.59. The number of rotatable bonds is 8. The molecule has 1 rings (SSSR count). The SMILES string of the molecule is C=C(CC)C(CCC)CN(C)Cc1c(C)cccc1C. The maximum Gasteiger partial charge on any atom is 0.0236 e. The van der Waals surface area contributed by atoms with Crippen LogP contribution in [0.5, 0.6) is 0 Å². The van der Waals surface area contributed by atoms with Gasteiger partial charge in [0, 0.05) is 13.1 Å². The Morgan fingerprint density at radius 1 is 1.20 bits per heavy atom. The predicted octanol–water partition coefficient (Wildman–Crippen LogP) is 5.12. The Morgan fingerprint density at radius 2 is 1.80 bits per heavy atom. The number of benzene rings is 1. The summed E-state index contributed by atoms with van der Waals surface area (Å²) in [6.45, 7) is 15.3. The van der Waals surface area contributed by atoms with E-state index in [-0.39, 0.29) is 0 Å². The van der Waals surface area contributed by atoms with Crippen LogP contribution in [0, 0.1) is 19.8 Å². The maximum atomic E-state index is 4.26. The van der Waals surface area contributed by atoms with Crippen LogP contribution in [-0.4, -0.2) is 18.5 Å². The highest BCUT2D eigenvalue weighted by Gasteiger charge is 2.14. The lowest BCUT2D eigenvalue weighted by molar-refractivity contribution is 0.276. The van der Waals surface area contributed by atoms with Crippen LogP contribution >= 0.6 is 0 Å². The standard InChI is InChI=1S/C19H31N/c1-7-10-18(15(3)8-2)13-20(6)14-19-16(4)11-9-12-17(19)5/h9,11-12,18H,3,7-8,10,13-14H2,1-2,4-6H3. The molecule has 0 aromatic heterocycles. The van der Waals surface area contributed by atoms with Crippen LogP contribution in [-0.2, 0) is 6.54 Å². The zero-order chi connectivity index (χ0) is 15.1. The number of aryl methyl sites for hydroxylation is 2. The van der Waals surface area contributed by atoms with Crippen LogP contribution in [0.4, 0.5) is 0 Å². The average Bonchev–Trinajstić information content (AvgIpc) is 2.41. The van der Waals surface area contributed by atoms with Crippen molar-refractivity contribution in [3.63, 3.8) is 0 Å². The van der Waals surface area contributed by atoms with Gasteiger partial charge in [-0.3, -0.25) is 0 Å². The second-order valence-corrected chi connectivity index (χ2v) is 6.06. The van der Waals surface area contributed by atoms with E-state index in [9.17, 15) is 0 Å². The van der Waals surface area contributed by atoms with Crippen molar-refractivity contribution in [3.05, 3.63) is 47.0 Å². The molecule has 1 aromatic rings. The fraction of sp³-hybridized carbons (Fsp3) is 0.579. The van der Waals surface area contributed by atoms with Gasteiger partial charge in [-0.15, -0.1) is 0 Å². The second kappa shape index (κ2) is 8.26. The average molecular weight is 273 g/mol. The summed E-state index contributed by atoms with van der Waals surface area (Å²) in [5.74, 6) is 0.638. The first-order chi connectivity index (χ1) is 9.49. The number of nitrogens with zero attached hydrogens (tertiary/aromatic N) is 1. The van der Waals surface area contributed by atoms with Gasteiger partial charge >= 0.3 is 0 Å². The molecule has 1 aromatic carbocycles. The van der Waals surface area contributed by atoms with E-state index in [1.807, 2.05) is 0 Å². The molecule has 0 bridgehead atoms. The molecule has 0 amide bonds. The molecule has 1 nitrogen and oxygen atoms in total. The molecule has 0 aliphatic carbocycles. The van der Waals surface area contributed by atoms with Gasteiger partial charge in [-0.25, -0.2) is 0 Å². The summed E-state index contributed by atoms with van der Waals surface area (Å²) in [5.41, 5.74) is 5.68. The highest BCUT2D eigenvalue weighted by molar-refractivity contribution is 5.33. The smallest absolute Gasteiger partial charge is 0.0236 e. The molecule has 0 spiro atoms. The van der Waals surface area contributed by atoms with Gasteiger partial charge in [0.15, 0.2) is 0 Å². The zero-order valence-corrected chi connectivity index (χ0v) is 14.0. The second-order valence-electron chi connectivity index (χ2n) is 6.06. The van der Waals surface area contributed by atoms with E-state index in [2.05, 4.69) is 64.4 Å². The summed E-state index contributed by atoms with van der Waals surface area (Å²) in [4.78, 5) is 2.45. The first kappa shape index (κ1) is 17.0. The van der Waals surface area contributed by atoms with Crippen molar-refractivity contribution in [1.82, 2.24) is 4.90 Å². The Kier molecular flexibility index (Phi) is 7.01. The molecule has 0 heterocycles. The highest BCUT2D eigenvalue weighted by Crippen LogP contribution is 2.21. The monoisotopic (exact) mass is 273 g/mol. The third-order valence-electron chi connectivity index (χ3n) is 4.27. The van der Waals surface area contributed by atoms with E-state index in [0.29, 0.717) is 5.92 Å². The summed E-state index contributed by atoms with van der Waals surface area (Å²) in [6, 6.07) is 6.57. The van der Waals surface area contributed by atoms with E-state index >= 15 is 0 Å². The van der Waals surface area contributed by atoms with Gasteiger partial charge in [-0.2, -0.15) is 0 Å². The van der Waals surface area contributed by atoms with E-state index in [1.54, 1.807) is 0 Å². The van der Waals surface area contributed by atoms with Crippen LogP contribution in [0.15, 0.2) is 30.4 Å². The predicted molar refractivity (Wildman–Crippen MR) is 90.1 cm³/mol. The van der Waals surface area contributed by atoms with Crippen LogP contribution in [0.2, 0.25) is 0 Å². The zero-order valence-electron chi connectivity index (χ0n) is 14.0. The summed E-state index contributed by atoms with van der Waals surface area (Å²) in [7, 11) is 2.23. The van der Waals surface area contributed by atoms with Gasteiger partial charge in [0.1, 0.15) is 0 Å². The lowest BCUT2D eigenvalue weighted by Crippen LogP contribution is -2.27. The van der Waals surface area contributed by atoms with Gasteiger partial charge in [-0.05, 0) is 56.3 Å². The van der Waals surface area contributed by atoms with Gasteiger partial charge in [0.25, 0.3) is 0 Å². The molecule has 1 heteroatoms. The van der Waals surface area contributed by atoms with Crippen molar-refractivity contribution in [2.45, 2.75) is 53.5 Å². The Morgan fingerprint density at radius 3 is 2.30 bits per heavy atom. The lowest BCUT2D eigenvalue weighted by Gasteiger charge is -2.26. The van der Waals surface area contributed by atoms with E-state index < -0.39 is 0 Å². The van der Waals surface area contributed by atoms with Crippen molar-refractivity contribution in [2.24, 2.45) is 5.92 Å². The molecule has 0 N–H and O–H groups in total. The molecule has 1 unspecified atom stereocenters. The van der Waals surface area contributed by atoms with Gasteiger partial charge in [0.05, 0.1) is 0 Å². The summed E-state index contributed by atoms with van der Waals surface area (Å²) in [5, 5.41) is 0. The molecule has 112 valence electrons. The Balaban J connectivity index is 2.70. The highest BCUT2D eigenvalue weighted by atomic mass is 15.1. The third-order valence-corrected chi connectivity index (χ3v) is 4.27. The first-order valence-corrected chi connectivity index (χ1v) is 7.90. The Bertz CT molecular complexity index is 413. The largest absolute Gasteiger partial charge is 0.301 e. The minimum absolute atomic E-state index is 0.638. The molecule has 0 aliphatic heterocycles. The number of hydrogen-bond donors (Lipinski definition) is 0. The van der Waals surface area contributed by atoms with E-state index in [4.69, 9.17) is 0 Å². The van der Waals surface area contributed by atoms with Crippen LogP contribution in [0.25, 0.3) is 0 Å². The van der Waals surface area contributed by atoms with Crippen LogP contribution in [0.1, 0.15) is 49.8 Å². The third kappa shape index (κ3) is 4.79. The minimum atomic E-state index is 0.638. The topological polar surface area (TPSA) is 3.24 Å². The summed E-state index contributed by atoms with van der Waals surface area (Å²) < 4.78 is 0. The fourth-order valence-corrected chi connectivity index (χ4v) is 2.87. The molecule has 0 saturated carbocycles. The lowest BCUT2D eigenvalue weighted by atomic mass is 9.93. The molecule has 0 saturated heterocycles. The molecule has 1 atom stereocenters. The van der Waals surface area contributed by atoms with Gasteiger partial charge in [0.2, 0.25) is 0 Å². The summed E-state index contributed by atoms with van der Waals surface area (Å²) >= 11 is 0. The van der Waals surface area contributed by atoms with Crippen molar-refractivity contribution in [2.75, 3.05) is 13.6 Å². The van der Waals surface area contributed by atoms with Crippen LogP contribution < -0.4 is 0 Å². The Labute approximate surface area is 125 Å². The molecule has 0 radical (unpaired) electrons. The number of hydrogen-bond acceptors (Lipinski definition) is 1. The van der Waals surface area contributed by atoms with Crippen molar-refractivity contribution >= 4 is 0 Å².